The van der Waals surface area contributed by atoms with Crippen molar-refractivity contribution in [2.45, 2.75) is 13.8 Å². The molecule has 0 N–H and O–H groups in total. The Morgan fingerprint density at radius 3 is 2.46 bits per heavy atom. The molecular weight excluding hydrogens is 360 g/mol. The van der Waals surface area contributed by atoms with Gasteiger partial charge < -0.3 is 4.74 Å². The van der Waals surface area contributed by atoms with Crippen LogP contribution in [-0.4, -0.2) is 38.0 Å². The number of carbonyl (C=O) groups is 2. The van der Waals surface area contributed by atoms with Gasteiger partial charge in [-0.2, -0.15) is 5.10 Å². The summed E-state index contributed by atoms with van der Waals surface area (Å²) in [5.74, 6) is -0.572. The molecular formula is C20H16N4O4. The van der Waals surface area contributed by atoms with Crippen molar-refractivity contribution in [3.05, 3.63) is 69.9 Å². The predicted molar refractivity (Wildman–Crippen MR) is 102 cm³/mol. The number of rotatable bonds is 3. The standard InChI is InChI=1S/C20H16N4O4/c1-11-17(20(27)28-3)18-21-10-15-16(24(18)22-11)8-9-23(19(15)26)14-6-4-13(5-7-14)12(2)25/h4-10H,1-3H3. The van der Waals surface area contributed by atoms with Gasteiger partial charge in [0.05, 0.1) is 23.7 Å². The highest BCUT2D eigenvalue weighted by atomic mass is 16.5. The van der Waals surface area contributed by atoms with Crippen molar-refractivity contribution in [2.75, 3.05) is 7.11 Å². The van der Waals surface area contributed by atoms with E-state index < -0.39 is 5.97 Å². The summed E-state index contributed by atoms with van der Waals surface area (Å²) in [5.41, 5.74) is 2.52. The van der Waals surface area contributed by atoms with E-state index in [1.165, 1.54) is 29.3 Å². The summed E-state index contributed by atoms with van der Waals surface area (Å²) in [4.78, 5) is 40.7. The second-order valence-electron chi connectivity index (χ2n) is 6.34. The van der Waals surface area contributed by atoms with Crippen LogP contribution >= 0.6 is 0 Å². The zero-order chi connectivity index (χ0) is 20.0. The lowest BCUT2D eigenvalue weighted by Gasteiger charge is -2.08. The van der Waals surface area contributed by atoms with E-state index in [1.54, 1.807) is 43.5 Å². The molecule has 1 aromatic carbocycles. The number of carbonyl (C=O) groups excluding carboxylic acids is 2. The topological polar surface area (TPSA) is 95.6 Å². The van der Waals surface area contributed by atoms with Crippen LogP contribution < -0.4 is 5.56 Å². The number of ketones is 1. The number of hydrogen-bond donors (Lipinski definition) is 0. The largest absolute Gasteiger partial charge is 0.465 e. The van der Waals surface area contributed by atoms with Crippen molar-refractivity contribution >= 4 is 28.3 Å². The molecule has 0 spiro atoms. The van der Waals surface area contributed by atoms with Crippen LogP contribution in [0.3, 0.4) is 0 Å². The van der Waals surface area contributed by atoms with Gasteiger partial charge in [0.2, 0.25) is 0 Å². The summed E-state index contributed by atoms with van der Waals surface area (Å²) in [7, 11) is 1.29. The van der Waals surface area contributed by atoms with Crippen LogP contribution in [0, 0.1) is 6.92 Å². The first kappa shape index (κ1) is 17.6. The van der Waals surface area contributed by atoms with Gasteiger partial charge in [-0.1, -0.05) is 0 Å². The fourth-order valence-electron chi connectivity index (χ4n) is 3.18. The first-order valence-corrected chi connectivity index (χ1v) is 8.51. The Bertz CT molecular complexity index is 1320. The number of aromatic nitrogens is 4. The third-order valence-electron chi connectivity index (χ3n) is 4.63. The number of hydrogen-bond acceptors (Lipinski definition) is 6. The molecule has 28 heavy (non-hydrogen) atoms. The molecule has 4 aromatic rings. The lowest BCUT2D eigenvalue weighted by Crippen LogP contribution is -2.19. The van der Waals surface area contributed by atoms with Crippen LogP contribution in [0.2, 0.25) is 0 Å². The van der Waals surface area contributed by atoms with Gasteiger partial charge in [0.15, 0.2) is 11.4 Å². The van der Waals surface area contributed by atoms with Gasteiger partial charge in [-0.05, 0) is 44.2 Å². The van der Waals surface area contributed by atoms with Gasteiger partial charge in [0, 0.05) is 23.6 Å². The number of Topliss-reactive ketones (excluding diaryl/α,β-unsaturated/α-hetero) is 1. The molecule has 0 amide bonds. The van der Waals surface area contributed by atoms with Crippen molar-refractivity contribution in [3.63, 3.8) is 0 Å². The van der Waals surface area contributed by atoms with Gasteiger partial charge >= 0.3 is 5.97 Å². The molecule has 0 aliphatic heterocycles. The number of benzene rings is 1. The second kappa shape index (κ2) is 6.41. The molecule has 0 radical (unpaired) electrons. The maximum Gasteiger partial charge on any atom is 0.343 e. The SMILES string of the molecule is COC(=O)c1c(C)nn2c1ncc1c(=O)n(-c3ccc(C(C)=O)cc3)ccc12. The Labute approximate surface area is 159 Å². The second-order valence-corrected chi connectivity index (χ2v) is 6.34. The summed E-state index contributed by atoms with van der Waals surface area (Å²) in [6.07, 6.45) is 3.06. The van der Waals surface area contributed by atoms with E-state index in [-0.39, 0.29) is 16.9 Å². The molecule has 0 aliphatic carbocycles. The summed E-state index contributed by atoms with van der Waals surface area (Å²) < 4.78 is 7.74. The van der Waals surface area contributed by atoms with Crippen LogP contribution in [0.1, 0.15) is 33.3 Å². The van der Waals surface area contributed by atoms with Gasteiger partial charge in [0.25, 0.3) is 5.56 Å². The van der Waals surface area contributed by atoms with E-state index >= 15 is 0 Å². The third kappa shape index (κ3) is 2.58. The molecule has 0 unspecified atom stereocenters. The maximum atomic E-state index is 13.0. The molecule has 0 bridgehead atoms. The lowest BCUT2D eigenvalue weighted by molar-refractivity contribution is 0.0601. The van der Waals surface area contributed by atoms with E-state index in [4.69, 9.17) is 4.74 Å². The van der Waals surface area contributed by atoms with Crippen LogP contribution in [0.4, 0.5) is 0 Å². The van der Waals surface area contributed by atoms with Crippen molar-refractivity contribution in [1.29, 1.82) is 0 Å². The number of aryl methyl sites for hydroxylation is 1. The van der Waals surface area contributed by atoms with Gasteiger partial charge in [-0.25, -0.2) is 14.3 Å². The number of esters is 1. The summed E-state index contributed by atoms with van der Waals surface area (Å²) >= 11 is 0. The van der Waals surface area contributed by atoms with Gasteiger partial charge in [0.1, 0.15) is 5.56 Å². The average Bonchev–Trinajstić information content (AvgIpc) is 3.04. The highest BCUT2D eigenvalue weighted by molar-refractivity contribution is 5.98. The number of fused-ring (bicyclic) bond motifs is 3. The smallest absolute Gasteiger partial charge is 0.343 e. The predicted octanol–water partition coefficient (Wildman–Crippen LogP) is 2.33. The molecule has 0 atom stereocenters. The molecule has 4 rings (SSSR count). The maximum absolute atomic E-state index is 13.0. The third-order valence-corrected chi connectivity index (χ3v) is 4.63. The fourth-order valence-corrected chi connectivity index (χ4v) is 3.18. The zero-order valence-corrected chi connectivity index (χ0v) is 15.5. The Kier molecular flexibility index (Phi) is 4.03. The van der Waals surface area contributed by atoms with E-state index in [0.717, 1.165) is 0 Å². The molecule has 8 heteroatoms. The minimum Gasteiger partial charge on any atom is -0.465 e. The normalized spacial score (nSPS) is 11.1. The van der Waals surface area contributed by atoms with E-state index in [0.29, 0.717) is 33.5 Å². The first-order chi connectivity index (χ1) is 13.4. The van der Waals surface area contributed by atoms with Gasteiger partial charge in [-0.3, -0.25) is 14.2 Å². The Hall–Kier alpha value is -3.81. The van der Waals surface area contributed by atoms with Crippen LogP contribution in [0.5, 0.6) is 0 Å². The highest BCUT2D eigenvalue weighted by Gasteiger charge is 2.21. The van der Waals surface area contributed by atoms with Crippen molar-refractivity contribution in [2.24, 2.45) is 0 Å². The highest BCUT2D eigenvalue weighted by Crippen LogP contribution is 2.19. The van der Waals surface area contributed by atoms with Crippen molar-refractivity contribution < 1.29 is 14.3 Å². The molecule has 0 saturated carbocycles. The van der Waals surface area contributed by atoms with E-state index in [1.807, 2.05) is 0 Å². The van der Waals surface area contributed by atoms with E-state index in [9.17, 15) is 14.4 Å². The van der Waals surface area contributed by atoms with Gasteiger partial charge in [-0.15, -0.1) is 0 Å². The summed E-state index contributed by atoms with van der Waals surface area (Å²) in [5, 5.41) is 4.70. The molecule has 0 saturated heterocycles. The minimum atomic E-state index is -0.529. The molecule has 140 valence electrons. The van der Waals surface area contributed by atoms with Crippen molar-refractivity contribution in [1.82, 2.24) is 19.2 Å². The molecule has 3 aromatic heterocycles. The Morgan fingerprint density at radius 2 is 1.82 bits per heavy atom. The molecule has 8 nitrogen and oxygen atoms in total. The van der Waals surface area contributed by atoms with Crippen LogP contribution in [-0.2, 0) is 4.74 Å². The molecule has 3 heterocycles. The molecule has 0 fully saturated rings. The fraction of sp³-hybridized carbons (Fsp3) is 0.150. The van der Waals surface area contributed by atoms with E-state index in [2.05, 4.69) is 10.1 Å². The van der Waals surface area contributed by atoms with Crippen LogP contribution in [0.15, 0.2) is 47.5 Å². The van der Waals surface area contributed by atoms with Crippen molar-refractivity contribution in [3.8, 4) is 5.69 Å². The number of methoxy groups -OCH3 is 1. The Balaban J connectivity index is 1.93. The molecule has 0 aliphatic rings. The number of pyridine rings is 1. The number of nitrogens with zero attached hydrogens (tertiary/aromatic N) is 4. The monoisotopic (exact) mass is 376 g/mol. The lowest BCUT2D eigenvalue weighted by atomic mass is 10.1. The summed E-state index contributed by atoms with van der Waals surface area (Å²) in [6, 6.07) is 8.51. The summed E-state index contributed by atoms with van der Waals surface area (Å²) in [6.45, 7) is 3.17. The van der Waals surface area contributed by atoms with Crippen LogP contribution in [0.25, 0.3) is 22.2 Å². The first-order valence-electron chi connectivity index (χ1n) is 8.51. The Morgan fingerprint density at radius 1 is 1.11 bits per heavy atom. The quantitative estimate of drug-likeness (QED) is 0.402. The zero-order valence-electron chi connectivity index (χ0n) is 15.5. The number of ether oxygens (including phenoxy) is 1. The minimum absolute atomic E-state index is 0.0422. The average molecular weight is 376 g/mol.